The van der Waals surface area contributed by atoms with E-state index < -0.39 is 17.2 Å². The molecule has 2 N–H and O–H groups in total. The largest absolute Gasteiger partial charge is 0.496 e. The molecule has 0 unspecified atom stereocenters. The third kappa shape index (κ3) is 5.20. The van der Waals surface area contributed by atoms with Gasteiger partial charge in [0.2, 0.25) is 5.91 Å². The van der Waals surface area contributed by atoms with Gasteiger partial charge >= 0.3 is 5.69 Å². The molecule has 46 heavy (non-hydrogen) atoms. The van der Waals surface area contributed by atoms with Gasteiger partial charge < -0.3 is 19.9 Å². The Morgan fingerprint density at radius 3 is 2.35 bits per heavy atom. The van der Waals surface area contributed by atoms with Gasteiger partial charge in [0.05, 0.1) is 12.5 Å². The average Bonchev–Trinajstić information content (AvgIpc) is 3.40. The molecule has 2 aliphatic heterocycles. The van der Waals surface area contributed by atoms with Crippen molar-refractivity contribution >= 4 is 17.5 Å². The van der Waals surface area contributed by atoms with Crippen molar-refractivity contribution in [1.82, 2.24) is 19.4 Å². The summed E-state index contributed by atoms with van der Waals surface area (Å²) >= 11 is 0. The molecule has 6 rings (SSSR count). The second kappa shape index (κ2) is 11.7. The van der Waals surface area contributed by atoms with Gasteiger partial charge in [-0.25, -0.2) is 9.18 Å². The molecule has 11 heteroatoms. The molecule has 238 valence electrons. The van der Waals surface area contributed by atoms with E-state index in [0.717, 1.165) is 38.8 Å². The van der Waals surface area contributed by atoms with E-state index in [1.165, 1.54) is 38.0 Å². The zero-order valence-electron chi connectivity index (χ0n) is 26.5. The molecule has 0 bridgehead atoms. The smallest absolute Gasteiger partial charge is 0.330 e. The highest BCUT2D eigenvalue weighted by Gasteiger charge is 2.51. The Balaban J connectivity index is 1.28. The quantitative estimate of drug-likeness (QED) is 0.324. The molecule has 0 radical (unpaired) electrons. The Kier molecular flexibility index (Phi) is 7.89. The fourth-order valence-corrected chi connectivity index (χ4v) is 6.72. The van der Waals surface area contributed by atoms with Crippen molar-refractivity contribution < 1.29 is 18.7 Å². The molecule has 10 nitrogen and oxygen atoms in total. The molecule has 2 aliphatic rings. The maximum Gasteiger partial charge on any atom is 0.330 e. The number of likely N-dealkylation sites (tertiary alicyclic amines) is 1. The minimum Gasteiger partial charge on any atom is -0.496 e. The fraction of sp³-hybridized carbons (Fsp3) is 0.314. The number of halogens is 1. The Morgan fingerprint density at radius 2 is 1.67 bits per heavy atom. The summed E-state index contributed by atoms with van der Waals surface area (Å²) in [4.78, 5) is 52.2. The zero-order valence-corrected chi connectivity index (χ0v) is 26.5. The zero-order chi connectivity index (χ0) is 32.9. The van der Waals surface area contributed by atoms with Crippen LogP contribution in [-0.2, 0) is 25.4 Å². The van der Waals surface area contributed by atoms with E-state index in [9.17, 15) is 19.2 Å². The number of carbonyl (C=O) groups is 2. The first-order chi connectivity index (χ1) is 21.9. The lowest BCUT2D eigenvalue weighted by Crippen LogP contribution is -2.59. The van der Waals surface area contributed by atoms with Crippen LogP contribution in [0.2, 0.25) is 0 Å². The van der Waals surface area contributed by atoms with Gasteiger partial charge in [0, 0.05) is 57.7 Å². The summed E-state index contributed by atoms with van der Waals surface area (Å²) in [6.07, 6.45) is 2.04. The van der Waals surface area contributed by atoms with E-state index in [1.54, 1.807) is 6.07 Å². The van der Waals surface area contributed by atoms with Gasteiger partial charge in [0.1, 0.15) is 17.1 Å². The van der Waals surface area contributed by atoms with E-state index in [1.807, 2.05) is 50.2 Å². The highest BCUT2D eigenvalue weighted by atomic mass is 19.1. The van der Waals surface area contributed by atoms with E-state index >= 15 is 4.39 Å². The highest BCUT2D eigenvalue weighted by molar-refractivity contribution is 6.04. The lowest BCUT2D eigenvalue weighted by Gasteiger charge is -2.46. The Morgan fingerprint density at radius 1 is 1.00 bits per heavy atom. The fourth-order valence-electron chi connectivity index (χ4n) is 6.72. The summed E-state index contributed by atoms with van der Waals surface area (Å²) < 4.78 is 23.5. The van der Waals surface area contributed by atoms with Crippen LogP contribution in [0, 0.1) is 25.1 Å². The highest BCUT2D eigenvalue weighted by Crippen LogP contribution is 2.41. The molecule has 1 spiro atoms. The van der Waals surface area contributed by atoms with E-state index in [-0.39, 0.29) is 22.7 Å². The molecule has 2 amide bonds. The van der Waals surface area contributed by atoms with Crippen LogP contribution in [0.1, 0.15) is 33.5 Å². The maximum atomic E-state index is 15.7. The summed E-state index contributed by atoms with van der Waals surface area (Å²) in [6, 6.07) is 14.7. The van der Waals surface area contributed by atoms with Crippen molar-refractivity contribution in [2.75, 3.05) is 32.1 Å². The number of nitrogens with one attached hydrogen (secondary N) is 2. The van der Waals surface area contributed by atoms with Crippen molar-refractivity contribution in [3.63, 3.8) is 0 Å². The van der Waals surface area contributed by atoms with Crippen molar-refractivity contribution in [3.8, 4) is 28.0 Å². The maximum absolute atomic E-state index is 15.7. The van der Waals surface area contributed by atoms with Gasteiger partial charge in [-0.05, 0) is 71.8 Å². The molecular formula is C35H36FN5O5. The van der Waals surface area contributed by atoms with Crippen LogP contribution in [0.15, 0.2) is 64.3 Å². The number of hydrogen-bond acceptors (Lipinski definition) is 6. The Labute approximate surface area is 265 Å². The molecule has 3 heterocycles. The monoisotopic (exact) mass is 625 g/mol. The van der Waals surface area contributed by atoms with Crippen molar-refractivity contribution in [2.45, 2.75) is 26.8 Å². The Hall–Kier alpha value is -5.03. The van der Waals surface area contributed by atoms with Gasteiger partial charge in [-0.2, -0.15) is 0 Å². The van der Waals surface area contributed by atoms with Crippen LogP contribution < -0.4 is 26.6 Å². The second-order valence-electron chi connectivity index (χ2n) is 12.3. The number of hydrogen-bond donors (Lipinski definition) is 2. The SMILES string of the molecule is COc1cc(-c2cccc(-c3cccc(NC(=O)c4cn(C)c(=O)n(C)c4=O)c3C)c2C)cc(F)c1CN1CC2(CCNC2=O)C1. The number of carbonyl (C=O) groups excluding carboxylic acids is 2. The predicted molar refractivity (Wildman–Crippen MR) is 174 cm³/mol. The molecule has 1 aromatic heterocycles. The van der Waals surface area contributed by atoms with E-state index in [2.05, 4.69) is 15.5 Å². The lowest BCUT2D eigenvalue weighted by molar-refractivity contribution is -0.137. The third-order valence-electron chi connectivity index (χ3n) is 9.39. The van der Waals surface area contributed by atoms with Gasteiger partial charge in [0.15, 0.2) is 0 Å². The van der Waals surface area contributed by atoms with Gasteiger partial charge in [-0.15, -0.1) is 0 Å². The first-order valence-electron chi connectivity index (χ1n) is 15.1. The van der Waals surface area contributed by atoms with Gasteiger partial charge in [-0.1, -0.05) is 30.3 Å². The van der Waals surface area contributed by atoms with Gasteiger partial charge in [0.25, 0.3) is 11.5 Å². The van der Waals surface area contributed by atoms with E-state index in [4.69, 9.17) is 4.74 Å². The molecular weight excluding hydrogens is 589 g/mol. The van der Waals surface area contributed by atoms with Crippen LogP contribution in [0.25, 0.3) is 22.3 Å². The standard InChI is InChI=1S/C35H36FN5O5/c1-20-23(22-14-28(36)26(30(15-22)46-5)17-41-18-35(19-41)12-13-37-33(35)44)8-6-9-24(20)25-10-7-11-29(21(25)2)38-31(42)27-16-39(3)34(45)40(4)32(27)43/h6-11,14-16H,12-13,17-19H2,1-5H3,(H,37,44)(H,38,42). The lowest BCUT2D eigenvalue weighted by atomic mass is 9.78. The van der Waals surface area contributed by atoms with Crippen LogP contribution in [0.4, 0.5) is 10.1 Å². The summed E-state index contributed by atoms with van der Waals surface area (Å²) in [5.74, 6) is -0.465. The van der Waals surface area contributed by atoms with E-state index in [0.29, 0.717) is 48.7 Å². The Bertz CT molecular complexity index is 2030. The van der Waals surface area contributed by atoms with Crippen LogP contribution in [0.5, 0.6) is 5.75 Å². The molecule has 0 atom stereocenters. The molecule has 0 saturated carbocycles. The number of anilines is 1. The summed E-state index contributed by atoms with van der Waals surface area (Å²) in [5, 5.41) is 5.73. The number of rotatable bonds is 7. The van der Waals surface area contributed by atoms with Crippen molar-refractivity contribution in [1.29, 1.82) is 0 Å². The molecule has 3 aromatic carbocycles. The normalized spacial score (nSPS) is 15.5. The molecule has 2 saturated heterocycles. The number of amides is 2. The molecule has 0 aliphatic carbocycles. The minimum atomic E-state index is -0.679. The van der Waals surface area contributed by atoms with Crippen molar-refractivity contribution in [2.24, 2.45) is 19.5 Å². The average molecular weight is 626 g/mol. The first-order valence-corrected chi connectivity index (χ1v) is 15.1. The minimum absolute atomic E-state index is 0.0834. The number of benzene rings is 3. The molecule has 2 fully saturated rings. The summed E-state index contributed by atoms with van der Waals surface area (Å²) in [6.45, 7) is 6.09. The number of aryl methyl sites for hydroxylation is 1. The second-order valence-corrected chi connectivity index (χ2v) is 12.3. The van der Waals surface area contributed by atoms with Crippen molar-refractivity contribution in [3.05, 3.63) is 104 Å². The topological polar surface area (TPSA) is 115 Å². The van der Waals surface area contributed by atoms with Crippen LogP contribution in [0.3, 0.4) is 0 Å². The van der Waals surface area contributed by atoms with Crippen LogP contribution in [-0.4, -0.2) is 52.6 Å². The van der Waals surface area contributed by atoms with Crippen LogP contribution >= 0.6 is 0 Å². The summed E-state index contributed by atoms with van der Waals surface area (Å²) in [7, 11) is 4.34. The summed E-state index contributed by atoms with van der Waals surface area (Å²) in [5.41, 5.74) is 4.21. The predicted octanol–water partition coefficient (Wildman–Crippen LogP) is 3.76. The number of aromatic nitrogens is 2. The number of methoxy groups -OCH3 is 1. The number of ether oxygens (including phenoxy) is 1. The van der Waals surface area contributed by atoms with Gasteiger partial charge in [-0.3, -0.25) is 23.9 Å². The third-order valence-corrected chi connectivity index (χ3v) is 9.39. The molecule has 4 aromatic rings. The number of nitrogens with zero attached hydrogens (tertiary/aromatic N) is 3. The first kappa shape index (κ1) is 31.0.